The largest absolute Gasteiger partial charge is 0.309 e. The van der Waals surface area contributed by atoms with Gasteiger partial charge in [0.15, 0.2) is 8.07 Å². The monoisotopic (exact) mass is 909 g/mol. The molecule has 13 aromatic rings. The Hall–Kier alpha value is -8.83. The van der Waals surface area contributed by atoms with Crippen molar-refractivity contribution < 1.29 is 0 Å². The highest BCUT2D eigenvalue weighted by Crippen LogP contribution is 2.43. The summed E-state index contributed by atoms with van der Waals surface area (Å²) in [6, 6.07) is 99.1. The van der Waals surface area contributed by atoms with Crippen LogP contribution in [0.2, 0.25) is 0 Å². The average molecular weight is 910 g/mol. The molecule has 3 nitrogen and oxygen atoms in total. The smallest absolute Gasteiger partial charge is 0.152 e. The normalized spacial score (nSPS) is 11.8. The number of hydrogen-bond donors (Lipinski definition) is 0. The van der Waals surface area contributed by atoms with Crippen molar-refractivity contribution in [3.05, 3.63) is 279 Å². The fourth-order valence-corrected chi connectivity index (χ4v) is 16.1. The molecule has 13 rings (SSSR count). The van der Waals surface area contributed by atoms with Crippen LogP contribution in [-0.2, 0) is 6.04 Å². The van der Waals surface area contributed by atoms with Gasteiger partial charge >= 0.3 is 0 Å². The summed E-state index contributed by atoms with van der Waals surface area (Å²) in [4.78, 5) is 5.08. The summed E-state index contributed by atoms with van der Waals surface area (Å²) in [6.45, 7) is 0. The molecule has 70 heavy (non-hydrogen) atoms. The highest BCUT2D eigenvalue weighted by molar-refractivity contribution is 7.11. The zero-order valence-corrected chi connectivity index (χ0v) is 39.5. The maximum atomic E-state index is 5.08. The Morgan fingerprint density at radius 1 is 0.343 bits per heavy atom. The van der Waals surface area contributed by atoms with Gasteiger partial charge in [0.2, 0.25) is 0 Å². The Bertz CT molecular complexity index is 3910. The first kappa shape index (κ1) is 41.4. The molecular formula is C66H47N3Si. The van der Waals surface area contributed by atoms with E-state index in [0.717, 1.165) is 62.0 Å². The van der Waals surface area contributed by atoms with Crippen molar-refractivity contribution in [2.45, 2.75) is 6.04 Å². The molecule has 0 spiro atoms. The topological polar surface area (TPSA) is 22.8 Å². The second kappa shape index (κ2) is 17.4. The first-order valence-electron chi connectivity index (χ1n) is 24.2. The van der Waals surface area contributed by atoms with Gasteiger partial charge in [0.05, 0.1) is 33.4 Å². The zero-order chi connectivity index (χ0) is 46.4. The number of aromatic nitrogens is 3. The quantitative estimate of drug-likeness (QED) is 0.0990. The minimum Gasteiger partial charge on any atom is -0.309 e. The van der Waals surface area contributed by atoms with Gasteiger partial charge in [-0.05, 0) is 98.5 Å². The molecule has 10 aromatic carbocycles. The van der Waals surface area contributed by atoms with Crippen molar-refractivity contribution in [2.75, 3.05) is 0 Å². The highest BCUT2D eigenvalue weighted by Gasteiger charge is 2.40. The third-order valence-electron chi connectivity index (χ3n) is 14.4. The van der Waals surface area contributed by atoms with E-state index in [4.69, 9.17) is 4.98 Å². The Morgan fingerprint density at radius 2 is 0.829 bits per heavy atom. The maximum absolute atomic E-state index is 5.08. The maximum Gasteiger partial charge on any atom is 0.152 e. The van der Waals surface area contributed by atoms with Crippen LogP contribution in [0.15, 0.2) is 273 Å². The molecule has 0 aliphatic carbocycles. The van der Waals surface area contributed by atoms with E-state index in [9.17, 15) is 0 Å². The third-order valence-corrected chi connectivity index (χ3v) is 19.3. The van der Waals surface area contributed by atoms with Gasteiger partial charge in [0.1, 0.15) is 0 Å². The minimum atomic E-state index is -2.65. The Balaban J connectivity index is 1.06. The van der Waals surface area contributed by atoms with Crippen LogP contribution in [0.5, 0.6) is 0 Å². The van der Waals surface area contributed by atoms with E-state index in [1.807, 2.05) is 12.3 Å². The third kappa shape index (κ3) is 6.83. The SMILES string of the molecule is c1ccc(-c2cc(-c3ncccc3-c3ccccc3)cc(-n3c4ccccc4c4c(-n5c6ccccc6c6c(C[Si](c7ccccc7)(c7ccccc7)c7ccccc7)cccc65)cccc43)c2)cc1. The lowest BCUT2D eigenvalue weighted by atomic mass is 9.95. The van der Waals surface area contributed by atoms with Crippen LogP contribution in [-0.4, -0.2) is 22.2 Å². The summed E-state index contributed by atoms with van der Waals surface area (Å²) in [6.07, 6.45) is 1.91. The lowest BCUT2D eigenvalue weighted by Gasteiger charge is -2.34. The van der Waals surface area contributed by atoms with Crippen LogP contribution in [0.1, 0.15) is 5.56 Å². The fraction of sp³-hybridized carbons (Fsp3) is 0.0152. The molecule has 0 amide bonds. The number of rotatable bonds is 10. The van der Waals surface area contributed by atoms with Crippen molar-refractivity contribution in [3.63, 3.8) is 0 Å². The number of para-hydroxylation sites is 2. The molecule has 0 atom stereocenters. The van der Waals surface area contributed by atoms with Crippen molar-refractivity contribution in [1.29, 1.82) is 0 Å². The van der Waals surface area contributed by atoms with E-state index in [1.54, 1.807) is 0 Å². The van der Waals surface area contributed by atoms with E-state index in [1.165, 1.54) is 53.7 Å². The van der Waals surface area contributed by atoms with E-state index in [2.05, 4.69) is 270 Å². The predicted molar refractivity (Wildman–Crippen MR) is 297 cm³/mol. The first-order chi connectivity index (χ1) is 34.7. The number of benzene rings is 10. The standard InChI is InChI=1S/C66H47N3Si/c1-6-23-47(24-7-1)50-43-51(66-56(36-22-42-67-66)48-25-8-2-9-26-48)45-52(44-50)68-59-37-18-17-35-58(59)65-62(68)40-21-41-63(65)69-60-38-19-16-34-57(60)64-49(27-20-39-61(64)69)46-70(53-28-10-3-11-29-53,54-30-12-4-13-31-54)55-32-14-5-15-33-55/h1-45H,46H2. The molecule has 0 saturated carbocycles. The summed E-state index contributed by atoms with van der Waals surface area (Å²) in [5, 5.41) is 9.20. The number of nitrogens with zero attached hydrogens (tertiary/aromatic N) is 3. The van der Waals surface area contributed by atoms with Crippen LogP contribution in [0.4, 0.5) is 0 Å². The number of pyridine rings is 1. The molecule has 0 aliphatic rings. The van der Waals surface area contributed by atoms with Crippen LogP contribution in [0, 0.1) is 0 Å². The molecule has 0 radical (unpaired) electrons. The molecule has 3 heterocycles. The van der Waals surface area contributed by atoms with Gasteiger partial charge in [-0.1, -0.05) is 212 Å². The molecule has 4 heteroatoms. The first-order valence-corrected chi connectivity index (χ1v) is 26.4. The van der Waals surface area contributed by atoms with E-state index in [0.29, 0.717) is 0 Å². The predicted octanol–water partition coefficient (Wildman–Crippen LogP) is 14.5. The Labute approximate surface area is 408 Å². The van der Waals surface area contributed by atoms with Crippen molar-refractivity contribution >= 4 is 67.2 Å². The average Bonchev–Trinajstić information content (AvgIpc) is 3.97. The summed E-state index contributed by atoms with van der Waals surface area (Å²) in [5.41, 5.74) is 14.8. The number of hydrogen-bond acceptors (Lipinski definition) is 1. The van der Waals surface area contributed by atoms with Crippen LogP contribution < -0.4 is 15.6 Å². The molecule has 0 fully saturated rings. The molecule has 0 bridgehead atoms. The Morgan fingerprint density at radius 3 is 1.46 bits per heavy atom. The summed E-state index contributed by atoms with van der Waals surface area (Å²) in [7, 11) is -2.65. The van der Waals surface area contributed by atoms with Gasteiger partial charge < -0.3 is 9.13 Å². The lowest BCUT2D eigenvalue weighted by molar-refractivity contribution is 1.17. The van der Waals surface area contributed by atoms with E-state index in [-0.39, 0.29) is 0 Å². The van der Waals surface area contributed by atoms with Crippen molar-refractivity contribution in [3.8, 4) is 44.9 Å². The van der Waals surface area contributed by atoms with Gasteiger partial charge in [-0.2, -0.15) is 0 Å². The van der Waals surface area contributed by atoms with Gasteiger partial charge in [0, 0.05) is 44.6 Å². The molecule has 330 valence electrons. The molecule has 0 unspecified atom stereocenters. The molecule has 3 aromatic heterocycles. The fourth-order valence-electron chi connectivity index (χ4n) is 11.4. The van der Waals surface area contributed by atoms with Crippen LogP contribution in [0.3, 0.4) is 0 Å². The summed E-state index contributed by atoms with van der Waals surface area (Å²) < 4.78 is 5.00. The second-order valence-electron chi connectivity index (χ2n) is 18.3. The van der Waals surface area contributed by atoms with Crippen molar-refractivity contribution in [2.24, 2.45) is 0 Å². The van der Waals surface area contributed by atoms with E-state index < -0.39 is 8.07 Å². The molecular weight excluding hydrogens is 863 g/mol. The van der Waals surface area contributed by atoms with Gasteiger partial charge in [-0.15, -0.1) is 0 Å². The zero-order valence-electron chi connectivity index (χ0n) is 38.5. The second-order valence-corrected chi connectivity index (χ2v) is 22.2. The highest BCUT2D eigenvalue weighted by atomic mass is 28.3. The van der Waals surface area contributed by atoms with Crippen molar-refractivity contribution in [1.82, 2.24) is 14.1 Å². The number of fused-ring (bicyclic) bond motifs is 6. The summed E-state index contributed by atoms with van der Waals surface area (Å²) in [5.74, 6) is 0. The van der Waals surface area contributed by atoms with E-state index >= 15 is 0 Å². The molecule has 0 saturated heterocycles. The van der Waals surface area contributed by atoms with Gasteiger partial charge in [0.25, 0.3) is 0 Å². The molecule has 0 aliphatic heterocycles. The Kier molecular flexibility index (Phi) is 10.3. The van der Waals surface area contributed by atoms with Crippen LogP contribution in [0.25, 0.3) is 88.5 Å². The summed E-state index contributed by atoms with van der Waals surface area (Å²) >= 11 is 0. The molecule has 0 N–H and O–H groups in total. The van der Waals surface area contributed by atoms with Crippen LogP contribution >= 0.6 is 0 Å². The van der Waals surface area contributed by atoms with Gasteiger partial charge in [-0.3, -0.25) is 4.98 Å². The van der Waals surface area contributed by atoms with Gasteiger partial charge in [-0.25, -0.2) is 0 Å². The lowest BCUT2D eigenvalue weighted by Crippen LogP contribution is -2.68. The minimum absolute atomic E-state index is 0.905.